The molecular formula is C22H24Cl2N2O2+2. The number of halogens is 2. The molecule has 0 amide bonds. The van der Waals surface area contributed by atoms with Crippen molar-refractivity contribution in [2.75, 3.05) is 26.2 Å². The van der Waals surface area contributed by atoms with Gasteiger partial charge in [-0.2, -0.15) is 0 Å². The van der Waals surface area contributed by atoms with Crippen molar-refractivity contribution in [1.29, 1.82) is 0 Å². The Labute approximate surface area is 174 Å². The molecule has 4 rings (SSSR count). The number of benzene rings is 2. The molecule has 1 aliphatic heterocycles. The second kappa shape index (κ2) is 8.26. The molecule has 0 bridgehead atoms. The summed E-state index contributed by atoms with van der Waals surface area (Å²) >= 11 is 12.3. The van der Waals surface area contributed by atoms with Crippen molar-refractivity contribution in [2.45, 2.75) is 20.0 Å². The molecule has 0 saturated carbocycles. The average Bonchev–Trinajstić information content (AvgIpc) is 2.67. The van der Waals surface area contributed by atoms with Crippen molar-refractivity contribution in [1.82, 2.24) is 0 Å². The zero-order valence-electron chi connectivity index (χ0n) is 15.9. The normalized spacial score (nSPS) is 19.8. The quantitative estimate of drug-likeness (QED) is 0.635. The molecule has 2 aromatic carbocycles. The number of hydrogen-bond acceptors (Lipinski definition) is 2. The largest absolute Gasteiger partial charge is 0.423 e. The molecule has 0 unspecified atom stereocenters. The zero-order chi connectivity index (χ0) is 19.7. The summed E-state index contributed by atoms with van der Waals surface area (Å²) in [6.45, 7) is 8.12. The van der Waals surface area contributed by atoms with Gasteiger partial charge in [0.2, 0.25) is 0 Å². The Balaban J connectivity index is 1.44. The summed E-state index contributed by atoms with van der Waals surface area (Å²) in [5.41, 5.74) is 3.58. The lowest BCUT2D eigenvalue weighted by molar-refractivity contribution is -1.02. The van der Waals surface area contributed by atoms with E-state index in [1.54, 1.807) is 11.0 Å². The van der Waals surface area contributed by atoms with Crippen LogP contribution in [-0.2, 0) is 13.1 Å². The van der Waals surface area contributed by atoms with Gasteiger partial charge in [-0.05, 0) is 36.8 Å². The van der Waals surface area contributed by atoms with E-state index in [4.69, 9.17) is 27.6 Å². The summed E-state index contributed by atoms with van der Waals surface area (Å²) in [7, 11) is 0. The molecular weight excluding hydrogens is 395 g/mol. The van der Waals surface area contributed by atoms with E-state index in [1.807, 2.05) is 31.2 Å². The van der Waals surface area contributed by atoms with Crippen LogP contribution in [-0.4, -0.2) is 26.2 Å². The van der Waals surface area contributed by atoms with E-state index in [9.17, 15) is 4.79 Å². The van der Waals surface area contributed by atoms with Crippen LogP contribution >= 0.6 is 23.2 Å². The van der Waals surface area contributed by atoms with Crippen molar-refractivity contribution < 1.29 is 14.2 Å². The van der Waals surface area contributed by atoms with E-state index >= 15 is 0 Å². The van der Waals surface area contributed by atoms with Gasteiger partial charge in [-0.15, -0.1) is 0 Å². The van der Waals surface area contributed by atoms with Crippen molar-refractivity contribution in [3.05, 3.63) is 79.6 Å². The first-order valence-corrected chi connectivity index (χ1v) is 10.4. The second-order valence-electron chi connectivity index (χ2n) is 7.67. The van der Waals surface area contributed by atoms with Crippen molar-refractivity contribution >= 4 is 34.2 Å². The summed E-state index contributed by atoms with van der Waals surface area (Å²) in [4.78, 5) is 15.1. The van der Waals surface area contributed by atoms with Gasteiger partial charge in [0.1, 0.15) is 44.9 Å². The van der Waals surface area contributed by atoms with Crippen LogP contribution in [0.25, 0.3) is 11.0 Å². The summed E-state index contributed by atoms with van der Waals surface area (Å²) in [5, 5.41) is 2.43. The fourth-order valence-electron chi connectivity index (χ4n) is 3.97. The minimum absolute atomic E-state index is 0.296. The third-order valence-electron chi connectivity index (χ3n) is 5.58. The van der Waals surface area contributed by atoms with Gasteiger partial charge in [0, 0.05) is 32.6 Å². The van der Waals surface area contributed by atoms with Gasteiger partial charge in [0.05, 0.1) is 0 Å². The van der Waals surface area contributed by atoms with Gasteiger partial charge in [-0.25, -0.2) is 4.79 Å². The summed E-state index contributed by atoms with van der Waals surface area (Å²) < 4.78 is 5.38. The highest BCUT2D eigenvalue weighted by molar-refractivity contribution is 6.32. The van der Waals surface area contributed by atoms with Crippen LogP contribution in [0, 0.1) is 6.92 Å². The third kappa shape index (κ3) is 4.41. The predicted octanol–water partition coefficient (Wildman–Crippen LogP) is 1.89. The number of hydrogen-bond donors (Lipinski definition) is 2. The van der Waals surface area contributed by atoms with Crippen molar-refractivity contribution in [3.8, 4) is 0 Å². The fraction of sp³-hybridized carbons (Fsp3) is 0.318. The Hall–Kier alpha value is -1.85. The lowest BCUT2D eigenvalue weighted by atomic mass is 10.1. The molecule has 0 atom stereocenters. The molecule has 2 heterocycles. The lowest BCUT2D eigenvalue weighted by Crippen LogP contribution is -3.27. The van der Waals surface area contributed by atoms with Gasteiger partial charge in [0.15, 0.2) is 0 Å². The first kappa shape index (κ1) is 19.5. The van der Waals surface area contributed by atoms with Crippen LogP contribution in [0.15, 0.2) is 51.7 Å². The first-order chi connectivity index (χ1) is 13.5. The Kier molecular flexibility index (Phi) is 5.74. The third-order valence-corrected chi connectivity index (χ3v) is 6.24. The minimum atomic E-state index is -0.296. The number of rotatable bonds is 4. The SMILES string of the molecule is Cc1cc2oc(=O)cc(C[NH+]3CC[NH+](Cc4ccc(Cl)cc4)CC3)c2cc1Cl. The molecule has 0 spiro atoms. The molecule has 6 heteroatoms. The van der Waals surface area contributed by atoms with E-state index in [0.29, 0.717) is 10.6 Å². The molecule has 1 aliphatic rings. The Morgan fingerprint density at radius 3 is 2.25 bits per heavy atom. The molecule has 28 heavy (non-hydrogen) atoms. The molecule has 3 aromatic rings. The highest BCUT2D eigenvalue weighted by atomic mass is 35.5. The highest BCUT2D eigenvalue weighted by Crippen LogP contribution is 2.24. The standard InChI is InChI=1S/C22H22Cl2N2O2/c1-15-10-21-19(12-20(15)24)17(11-22(27)28-21)14-26-8-6-25(7-9-26)13-16-2-4-18(23)5-3-16/h2-5,10-12H,6-9,13-14H2,1H3/p+2. The summed E-state index contributed by atoms with van der Waals surface area (Å²) in [5.74, 6) is 0. The summed E-state index contributed by atoms with van der Waals surface area (Å²) in [6, 6.07) is 13.5. The maximum absolute atomic E-state index is 12.0. The van der Waals surface area contributed by atoms with Crippen LogP contribution < -0.4 is 15.4 Å². The van der Waals surface area contributed by atoms with Crippen LogP contribution in [0.4, 0.5) is 0 Å². The van der Waals surface area contributed by atoms with Gasteiger partial charge in [0.25, 0.3) is 0 Å². The topological polar surface area (TPSA) is 39.1 Å². The van der Waals surface area contributed by atoms with Gasteiger partial charge in [-0.1, -0.05) is 35.3 Å². The van der Waals surface area contributed by atoms with Crippen LogP contribution in [0.5, 0.6) is 0 Å². The fourth-order valence-corrected chi connectivity index (χ4v) is 4.26. The molecule has 4 nitrogen and oxygen atoms in total. The minimum Gasteiger partial charge on any atom is -0.423 e. The first-order valence-electron chi connectivity index (χ1n) is 9.62. The molecule has 0 radical (unpaired) electrons. The maximum Gasteiger partial charge on any atom is 0.336 e. The molecule has 1 saturated heterocycles. The van der Waals surface area contributed by atoms with E-state index in [1.165, 1.54) is 10.5 Å². The lowest BCUT2D eigenvalue weighted by Gasteiger charge is -2.30. The molecule has 0 aliphatic carbocycles. The Morgan fingerprint density at radius 2 is 1.57 bits per heavy atom. The van der Waals surface area contributed by atoms with Gasteiger partial charge in [-0.3, -0.25) is 0 Å². The molecule has 2 N–H and O–H groups in total. The number of piperazine rings is 1. The molecule has 1 aromatic heterocycles. The number of quaternary nitrogens is 2. The zero-order valence-corrected chi connectivity index (χ0v) is 17.4. The average molecular weight is 419 g/mol. The van der Waals surface area contributed by atoms with E-state index in [-0.39, 0.29) is 5.63 Å². The number of fused-ring (bicyclic) bond motifs is 1. The number of nitrogens with one attached hydrogen (secondary N) is 2. The Morgan fingerprint density at radius 1 is 0.929 bits per heavy atom. The molecule has 1 fully saturated rings. The summed E-state index contributed by atoms with van der Waals surface area (Å²) in [6.07, 6.45) is 0. The van der Waals surface area contributed by atoms with Crippen LogP contribution in [0.2, 0.25) is 10.0 Å². The van der Waals surface area contributed by atoms with Crippen LogP contribution in [0.1, 0.15) is 16.7 Å². The smallest absolute Gasteiger partial charge is 0.336 e. The van der Waals surface area contributed by atoms with Gasteiger partial charge >= 0.3 is 5.63 Å². The monoisotopic (exact) mass is 418 g/mol. The Bertz CT molecular complexity index is 1040. The van der Waals surface area contributed by atoms with Crippen molar-refractivity contribution in [3.63, 3.8) is 0 Å². The highest BCUT2D eigenvalue weighted by Gasteiger charge is 2.24. The predicted molar refractivity (Wildman–Crippen MR) is 112 cm³/mol. The van der Waals surface area contributed by atoms with Gasteiger partial charge < -0.3 is 14.2 Å². The van der Waals surface area contributed by atoms with Crippen molar-refractivity contribution in [2.24, 2.45) is 0 Å². The van der Waals surface area contributed by atoms with E-state index < -0.39 is 0 Å². The van der Waals surface area contributed by atoms with E-state index in [0.717, 1.165) is 60.8 Å². The second-order valence-corrected chi connectivity index (χ2v) is 8.51. The van der Waals surface area contributed by atoms with E-state index in [2.05, 4.69) is 12.1 Å². The molecule has 146 valence electrons. The number of aryl methyl sites for hydroxylation is 1. The van der Waals surface area contributed by atoms with Crippen LogP contribution in [0.3, 0.4) is 0 Å². The maximum atomic E-state index is 12.0.